The summed E-state index contributed by atoms with van der Waals surface area (Å²) in [5.74, 6) is -1.26. The second-order valence-corrected chi connectivity index (χ2v) is 4.80. The molecule has 2 N–H and O–H groups in total. The van der Waals surface area contributed by atoms with Crippen molar-refractivity contribution in [2.45, 2.75) is 6.54 Å². The average Bonchev–Trinajstić information content (AvgIpc) is 2.60. The van der Waals surface area contributed by atoms with Gasteiger partial charge in [0.05, 0.1) is 14.2 Å². The first-order chi connectivity index (χ1) is 11.5. The van der Waals surface area contributed by atoms with E-state index in [0.717, 1.165) is 0 Å². The zero-order chi connectivity index (χ0) is 17.5. The topological polar surface area (TPSA) is 76.7 Å². The second kappa shape index (κ2) is 7.96. The van der Waals surface area contributed by atoms with Crippen molar-refractivity contribution >= 4 is 17.5 Å². The maximum atomic E-state index is 13.5. The average molecular weight is 332 g/mol. The Morgan fingerprint density at radius 1 is 1.00 bits per heavy atom. The lowest BCUT2D eigenvalue weighted by atomic mass is 10.2. The van der Waals surface area contributed by atoms with Gasteiger partial charge >= 0.3 is 11.8 Å². The highest BCUT2D eigenvalue weighted by Crippen LogP contribution is 2.29. The molecule has 0 aliphatic carbocycles. The third-order valence-corrected chi connectivity index (χ3v) is 3.24. The molecule has 0 spiro atoms. The van der Waals surface area contributed by atoms with Crippen LogP contribution in [0.5, 0.6) is 11.5 Å². The zero-order valence-corrected chi connectivity index (χ0v) is 13.3. The fraction of sp³-hybridized carbons (Fsp3) is 0.176. The van der Waals surface area contributed by atoms with Crippen LogP contribution in [0, 0.1) is 5.82 Å². The minimum Gasteiger partial charge on any atom is -0.493 e. The van der Waals surface area contributed by atoms with Crippen molar-refractivity contribution < 1.29 is 23.5 Å². The van der Waals surface area contributed by atoms with Crippen molar-refractivity contribution in [1.29, 1.82) is 0 Å². The van der Waals surface area contributed by atoms with E-state index in [9.17, 15) is 14.0 Å². The van der Waals surface area contributed by atoms with Gasteiger partial charge in [0.15, 0.2) is 11.5 Å². The first-order valence-corrected chi connectivity index (χ1v) is 7.09. The van der Waals surface area contributed by atoms with Crippen LogP contribution in [0.3, 0.4) is 0 Å². The van der Waals surface area contributed by atoms with E-state index in [4.69, 9.17) is 9.47 Å². The Labute approximate surface area is 138 Å². The molecular formula is C17H17FN2O4. The van der Waals surface area contributed by atoms with E-state index in [0.29, 0.717) is 22.7 Å². The number of ether oxygens (including phenoxy) is 2. The number of anilines is 1. The smallest absolute Gasteiger partial charge is 0.313 e. The van der Waals surface area contributed by atoms with Gasteiger partial charge in [0.2, 0.25) is 0 Å². The van der Waals surface area contributed by atoms with Crippen LogP contribution in [0.25, 0.3) is 0 Å². The first kappa shape index (κ1) is 17.3. The van der Waals surface area contributed by atoms with Crippen molar-refractivity contribution in [2.24, 2.45) is 0 Å². The van der Waals surface area contributed by atoms with Crippen LogP contribution in [0.15, 0.2) is 42.5 Å². The Bertz CT molecular complexity index is 749. The Morgan fingerprint density at radius 3 is 2.38 bits per heavy atom. The summed E-state index contributed by atoms with van der Waals surface area (Å²) in [4.78, 5) is 23.7. The van der Waals surface area contributed by atoms with Crippen molar-refractivity contribution in [3.05, 3.63) is 53.8 Å². The van der Waals surface area contributed by atoms with Crippen LogP contribution in [-0.4, -0.2) is 26.0 Å². The number of carbonyl (C=O) groups is 2. The van der Waals surface area contributed by atoms with Gasteiger partial charge in [-0.2, -0.15) is 0 Å². The van der Waals surface area contributed by atoms with E-state index in [2.05, 4.69) is 10.6 Å². The summed E-state index contributed by atoms with van der Waals surface area (Å²) in [6.45, 7) is -0.0785. The van der Waals surface area contributed by atoms with Crippen LogP contribution in [-0.2, 0) is 16.1 Å². The molecule has 2 aromatic rings. The largest absolute Gasteiger partial charge is 0.493 e. The molecule has 24 heavy (non-hydrogen) atoms. The zero-order valence-electron chi connectivity index (χ0n) is 13.3. The molecule has 0 radical (unpaired) electrons. The van der Waals surface area contributed by atoms with Gasteiger partial charge in [-0.3, -0.25) is 9.59 Å². The summed E-state index contributed by atoms with van der Waals surface area (Å²) >= 11 is 0. The van der Waals surface area contributed by atoms with Gasteiger partial charge in [-0.25, -0.2) is 4.39 Å². The summed E-state index contributed by atoms with van der Waals surface area (Å²) < 4.78 is 23.7. The summed E-state index contributed by atoms with van der Waals surface area (Å²) in [6.07, 6.45) is 0. The minimum absolute atomic E-state index is 0.0785. The number of hydrogen-bond donors (Lipinski definition) is 2. The monoisotopic (exact) mass is 332 g/mol. The molecule has 0 saturated heterocycles. The van der Waals surface area contributed by atoms with Gasteiger partial charge in [-0.05, 0) is 18.2 Å². The molecule has 0 saturated carbocycles. The quantitative estimate of drug-likeness (QED) is 0.822. The van der Waals surface area contributed by atoms with E-state index in [1.807, 2.05) is 0 Å². The lowest BCUT2D eigenvalue weighted by molar-refractivity contribution is -0.136. The fourth-order valence-corrected chi connectivity index (χ4v) is 2.00. The number of nitrogens with one attached hydrogen (secondary N) is 2. The summed E-state index contributed by atoms with van der Waals surface area (Å²) in [5, 5.41) is 4.80. The lowest BCUT2D eigenvalue weighted by Crippen LogP contribution is -2.35. The van der Waals surface area contributed by atoms with Crippen molar-refractivity contribution in [2.75, 3.05) is 19.5 Å². The Morgan fingerprint density at radius 2 is 1.71 bits per heavy atom. The Kier molecular flexibility index (Phi) is 5.73. The maximum Gasteiger partial charge on any atom is 0.313 e. The molecule has 2 rings (SSSR count). The summed E-state index contributed by atoms with van der Waals surface area (Å²) in [7, 11) is 2.96. The molecule has 0 bridgehead atoms. The van der Waals surface area contributed by atoms with Crippen LogP contribution in [0.1, 0.15) is 5.56 Å². The van der Waals surface area contributed by atoms with E-state index >= 15 is 0 Å². The minimum atomic E-state index is -0.868. The first-order valence-electron chi connectivity index (χ1n) is 7.09. The highest BCUT2D eigenvalue weighted by molar-refractivity contribution is 6.39. The van der Waals surface area contributed by atoms with Gasteiger partial charge in [0.1, 0.15) is 5.82 Å². The standard InChI is InChI=1S/C17H17FN2O4/c1-23-14-8-7-12(9-15(14)24-2)20-17(22)16(21)19-10-11-5-3-4-6-13(11)18/h3-9H,10H2,1-2H3,(H,19,21)(H,20,22). The van der Waals surface area contributed by atoms with Crippen LogP contribution >= 0.6 is 0 Å². The van der Waals surface area contributed by atoms with E-state index in [-0.39, 0.29) is 6.54 Å². The molecule has 0 aromatic heterocycles. The highest BCUT2D eigenvalue weighted by atomic mass is 19.1. The van der Waals surface area contributed by atoms with E-state index in [1.165, 1.54) is 32.4 Å². The number of methoxy groups -OCH3 is 2. The highest BCUT2D eigenvalue weighted by Gasteiger charge is 2.15. The molecule has 2 amide bonds. The molecule has 0 fully saturated rings. The molecule has 0 heterocycles. The molecule has 6 nitrogen and oxygen atoms in total. The SMILES string of the molecule is COc1ccc(NC(=O)C(=O)NCc2ccccc2F)cc1OC. The number of halogens is 1. The molecular weight excluding hydrogens is 315 g/mol. The Balaban J connectivity index is 1.96. The third kappa shape index (κ3) is 4.22. The molecule has 7 heteroatoms. The van der Waals surface area contributed by atoms with Crippen molar-refractivity contribution in [3.63, 3.8) is 0 Å². The van der Waals surface area contributed by atoms with E-state index < -0.39 is 17.6 Å². The Hall–Kier alpha value is -3.09. The van der Waals surface area contributed by atoms with E-state index in [1.54, 1.807) is 24.3 Å². The number of rotatable bonds is 5. The van der Waals surface area contributed by atoms with Gasteiger partial charge in [-0.15, -0.1) is 0 Å². The summed E-state index contributed by atoms with van der Waals surface area (Å²) in [6, 6.07) is 10.7. The van der Waals surface area contributed by atoms with Gasteiger partial charge in [0, 0.05) is 23.9 Å². The molecule has 2 aromatic carbocycles. The van der Waals surface area contributed by atoms with Gasteiger partial charge < -0.3 is 20.1 Å². The van der Waals surface area contributed by atoms with Crippen LogP contribution < -0.4 is 20.1 Å². The van der Waals surface area contributed by atoms with Crippen molar-refractivity contribution in [1.82, 2.24) is 5.32 Å². The van der Waals surface area contributed by atoms with Crippen molar-refractivity contribution in [3.8, 4) is 11.5 Å². The third-order valence-electron chi connectivity index (χ3n) is 3.24. The van der Waals surface area contributed by atoms with Crippen LogP contribution in [0.4, 0.5) is 10.1 Å². The predicted molar refractivity (Wildman–Crippen MR) is 86.4 cm³/mol. The normalized spacial score (nSPS) is 9.96. The number of benzene rings is 2. The molecule has 0 atom stereocenters. The van der Waals surface area contributed by atoms with Gasteiger partial charge in [0.25, 0.3) is 0 Å². The maximum absolute atomic E-state index is 13.5. The molecule has 0 unspecified atom stereocenters. The van der Waals surface area contributed by atoms with Crippen LogP contribution in [0.2, 0.25) is 0 Å². The molecule has 0 aliphatic heterocycles. The van der Waals surface area contributed by atoms with Gasteiger partial charge in [-0.1, -0.05) is 18.2 Å². The molecule has 0 aliphatic rings. The summed E-state index contributed by atoms with van der Waals surface area (Å²) in [5.41, 5.74) is 0.670. The number of carbonyl (C=O) groups excluding carboxylic acids is 2. The lowest BCUT2D eigenvalue weighted by Gasteiger charge is -2.10. The number of amides is 2. The fourth-order valence-electron chi connectivity index (χ4n) is 2.00. The predicted octanol–water partition coefficient (Wildman–Crippen LogP) is 2.10. The molecule has 126 valence electrons. The number of hydrogen-bond acceptors (Lipinski definition) is 4. The second-order valence-electron chi connectivity index (χ2n) is 4.80.